The summed E-state index contributed by atoms with van der Waals surface area (Å²) in [5.41, 5.74) is 7.18. The van der Waals surface area contributed by atoms with Crippen LogP contribution in [-0.2, 0) is 0 Å². The average molecular weight is 545 g/mol. The van der Waals surface area contributed by atoms with E-state index < -0.39 is 0 Å². The van der Waals surface area contributed by atoms with Crippen LogP contribution in [0.4, 0.5) is 22.9 Å². The molecule has 7 nitrogen and oxygen atoms in total. The number of fused-ring (bicyclic) bond motifs is 4. The summed E-state index contributed by atoms with van der Waals surface area (Å²) in [6.07, 6.45) is 0. The molecular weight excluding hydrogens is 520 g/mol. The first-order chi connectivity index (χ1) is 19.5. The van der Waals surface area contributed by atoms with Crippen LogP contribution in [0.5, 0.6) is 5.75 Å². The van der Waals surface area contributed by atoms with Gasteiger partial charge < -0.3 is 15.3 Å². The number of hydrogen-bond acceptors (Lipinski definition) is 6. The number of aliphatic imine (C=N–C) groups is 2. The van der Waals surface area contributed by atoms with E-state index in [2.05, 4.69) is 10.2 Å². The van der Waals surface area contributed by atoms with Gasteiger partial charge in [0.25, 0.3) is 0 Å². The summed E-state index contributed by atoms with van der Waals surface area (Å²) in [4.78, 5) is 12.4. The van der Waals surface area contributed by atoms with Crippen LogP contribution in [0, 0.1) is 13.8 Å². The van der Waals surface area contributed by atoms with Crippen molar-refractivity contribution in [1.82, 2.24) is 9.78 Å². The molecule has 8 heteroatoms. The third-order valence-electron chi connectivity index (χ3n) is 7.26. The second-order valence-corrected chi connectivity index (χ2v) is 10.3. The number of phenols is 1. The van der Waals surface area contributed by atoms with Crippen LogP contribution < -0.4 is 10.2 Å². The number of aromatic hydroxyl groups is 1. The summed E-state index contributed by atoms with van der Waals surface area (Å²) in [5.74, 6) is 2.16. The highest BCUT2D eigenvalue weighted by molar-refractivity contribution is 6.51. The molecule has 196 valence electrons. The van der Waals surface area contributed by atoms with E-state index in [0.29, 0.717) is 16.7 Å². The molecule has 0 spiro atoms. The molecule has 2 N–H and O–H groups in total. The molecule has 0 amide bonds. The Bertz CT molecular complexity index is 1840. The maximum atomic E-state index is 10.5. The van der Waals surface area contributed by atoms with Crippen molar-refractivity contribution >= 4 is 46.2 Å². The highest BCUT2D eigenvalue weighted by Crippen LogP contribution is 2.48. The summed E-state index contributed by atoms with van der Waals surface area (Å²) >= 11 is 6.47. The van der Waals surface area contributed by atoms with Gasteiger partial charge in [0.15, 0.2) is 17.5 Å². The van der Waals surface area contributed by atoms with E-state index in [-0.39, 0.29) is 11.8 Å². The van der Waals surface area contributed by atoms with Gasteiger partial charge in [-0.15, -0.1) is 0 Å². The number of amidine groups is 2. The number of para-hydroxylation sites is 3. The molecular formula is C32H25ClN6O. The van der Waals surface area contributed by atoms with Crippen LogP contribution in [0.3, 0.4) is 0 Å². The van der Waals surface area contributed by atoms with Gasteiger partial charge in [-0.2, -0.15) is 5.10 Å². The first kappa shape index (κ1) is 24.2. The fourth-order valence-electron chi connectivity index (χ4n) is 5.36. The van der Waals surface area contributed by atoms with Gasteiger partial charge >= 0.3 is 0 Å². The maximum absolute atomic E-state index is 10.5. The van der Waals surface area contributed by atoms with Crippen molar-refractivity contribution in [3.63, 3.8) is 0 Å². The minimum Gasteiger partial charge on any atom is -0.508 e. The van der Waals surface area contributed by atoms with E-state index in [1.165, 1.54) is 0 Å². The van der Waals surface area contributed by atoms with E-state index in [9.17, 15) is 5.11 Å². The molecule has 0 saturated carbocycles. The molecule has 0 unspecified atom stereocenters. The lowest BCUT2D eigenvalue weighted by molar-refractivity contribution is 0.474. The number of anilines is 2. The summed E-state index contributed by atoms with van der Waals surface area (Å²) in [6.45, 7) is 3.98. The van der Waals surface area contributed by atoms with Crippen LogP contribution in [-0.4, -0.2) is 26.6 Å². The van der Waals surface area contributed by atoms with Gasteiger partial charge in [0.05, 0.1) is 28.8 Å². The minimum atomic E-state index is -0.317. The molecule has 1 aromatic heterocycles. The minimum absolute atomic E-state index is 0.197. The second-order valence-electron chi connectivity index (χ2n) is 9.91. The van der Waals surface area contributed by atoms with Gasteiger partial charge in [0, 0.05) is 16.3 Å². The number of phenolic OH excluding ortho intramolecular Hbond substituents is 1. The summed E-state index contributed by atoms with van der Waals surface area (Å²) in [6, 6.07) is 30.9. The van der Waals surface area contributed by atoms with Crippen molar-refractivity contribution in [2.24, 2.45) is 9.98 Å². The number of nitrogens with one attached hydrogen (secondary N) is 1. The smallest absolute Gasteiger partial charge is 0.179 e. The van der Waals surface area contributed by atoms with Crippen molar-refractivity contribution in [2.45, 2.75) is 19.9 Å². The molecule has 0 fully saturated rings. The van der Waals surface area contributed by atoms with Crippen LogP contribution in [0.25, 0.3) is 5.69 Å². The van der Waals surface area contributed by atoms with Crippen LogP contribution in [0.1, 0.15) is 28.4 Å². The lowest BCUT2D eigenvalue weighted by atomic mass is 9.93. The van der Waals surface area contributed by atoms with Crippen molar-refractivity contribution < 1.29 is 5.11 Å². The SMILES string of the molecule is Cc1ccc(NC2=Nc3ccccc3N3C2=Nc2c(c(C)nn2-c2ccccc2)[C@H]3c2cccc(O)c2)cc1Cl. The van der Waals surface area contributed by atoms with E-state index in [1.54, 1.807) is 12.1 Å². The van der Waals surface area contributed by atoms with Crippen molar-refractivity contribution in [3.8, 4) is 11.4 Å². The zero-order valence-corrected chi connectivity index (χ0v) is 22.6. The van der Waals surface area contributed by atoms with Crippen molar-refractivity contribution in [1.29, 1.82) is 0 Å². The Balaban J connectivity index is 1.50. The Kier molecular flexibility index (Phi) is 5.68. The molecule has 40 heavy (non-hydrogen) atoms. The molecule has 0 saturated heterocycles. The number of aryl methyl sites for hydroxylation is 2. The molecule has 2 aliphatic rings. The Morgan fingerprint density at radius 3 is 2.45 bits per heavy atom. The fraction of sp³-hybridized carbons (Fsp3) is 0.0938. The zero-order chi connectivity index (χ0) is 27.4. The summed E-state index contributed by atoms with van der Waals surface area (Å²) < 4.78 is 1.88. The number of aromatic nitrogens is 2. The lowest BCUT2D eigenvalue weighted by Crippen LogP contribution is -2.46. The molecule has 2 aliphatic heterocycles. The highest BCUT2D eigenvalue weighted by Gasteiger charge is 2.41. The molecule has 5 aromatic rings. The lowest BCUT2D eigenvalue weighted by Gasteiger charge is -2.40. The van der Waals surface area contributed by atoms with Gasteiger partial charge in [0.2, 0.25) is 0 Å². The van der Waals surface area contributed by atoms with Gasteiger partial charge in [-0.05, 0) is 73.5 Å². The van der Waals surface area contributed by atoms with Gasteiger partial charge in [-0.25, -0.2) is 14.7 Å². The van der Waals surface area contributed by atoms with Crippen LogP contribution >= 0.6 is 11.6 Å². The van der Waals surface area contributed by atoms with E-state index >= 15 is 0 Å². The number of benzene rings is 4. The van der Waals surface area contributed by atoms with E-state index in [4.69, 9.17) is 26.7 Å². The molecule has 1 atom stereocenters. The normalized spacial score (nSPS) is 15.5. The van der Waals surface area contributed by atoms with Gasteiger partial charge in [-0.3, -0.25) is 0 Å². The predicted molar refractivity (Wildman–Crippen MR) is 161 cm³/mol. The first-order valence-electron chi connectivity index (χ1n) is 13.0. The number of halogens is 1. The highest BCUT2D eigenvalue weighted by atomic mass is 35.5. The fourth-order valence-corrected chi connectivity index (χ4v) is 5.55. The largest absolute Gasteiger partial charge is 0.508 e. The number of hydrogen-bond donors (Lipinski definition) is 2. The topological polar surface area (TPSA) is 78.0 Å². The Hall–Kier alpha value is -4.88. The quantitative estimate of drug-likeness (QED) is 0.244. The van der Waals surface area contributed by atoms with Crippen molar-refractivity contribution in [3.05, 3.63) is 124 Å². The number of rotatable bonds is 3. The molecule has 7 rings (SSSR count). The van der Waals surface area contributed by atoms with Gasteiger partial charge in [-0.1, -0.05) is 60.1 Å². The molecule has 0 aliphatic carbocycles. The standard InChI is InChI=1S/C32H25ClN6O/c1-19-15-16-22(18-25(19)33)34-30-32-36-31-28(20(2)37-39(31)23-10-4-3-5-11-23)29(21-9-8-12-24(40)17-21)38(32)27-14-7-6-13-26(27)35-30/h3-18,29,40H,1-2H3,(H,34,35)/t29-/m1/s1. The summed E-state index contributed by atoms with van der Waals surface area (Å²) in [5, 5.41) is 19.6. The third-order valence-corrected chi connectivity index (χ3v) is 7.67. The third kappa shape index (κ3) is 3.94. The molecule has 4 aromatic carbocycles. The predicted octanol–water partition coefficient (Wildman–Crippen LogP) is 7.64. The van der Waals surface area contributed by atoms with E-state index in [1.807, 2.05) is 103 Å². The number of nitrogens with zero attached hydrogens (tertiary/aromatic N) is 5. The molecule has 0 bridgehead atoms. The Morgan fingerprint density at radius 2 is 1.65 bits per heavy atom. The molecule has 3 heterocycles. The van der Waals surface area contributed by atoms with Crippen molar-refractivity contribution in [2.75, 3.05) is 10.2 Å². The Labute approximate surface area is 236 Å². The average Bonchev–Trinajstić information content (AvgIpc) is 3.30. The van der Waals surface area contributed by atoms with E-state index in [0.717, 1.165) is 51.0 Å². The van der Waals surface area contributed by atoms with Crippen LogP contribution in [0.2, 0.25) is 5.02 Å². The Morgan fingerprint density at radius 1 is 0.850 bits per heavy atom. The summed E-state index contributed by atoms with van der Waals surface area (Å²) in [7, 11) is 0. The van der Waals surface area contributed by atoms with Gasteiger partial charge in [0.1, 0.15) is 5.75 Å². The monoisotopic (exact) mass is 544 g/mol. The first-order valence-corrected chi connectivity index (χ1v) is 13.4. The van der Waals surface area contributed by atoms with Crippen LogP contribution in [0.15, 0.2) is 107 Å². The maximum Gasteiger partial charge on any atom is 0.179 e. The molecule has 0 radical (unpaired) electrons. The second kappa shape index (κ2) is 9.39. The zero-order valence-electron chi connectivity index (χ0n) is 21.9.